The summed E-state index contributed by atoms with van der Waals surface area (Å²) in [5.74, 6) is 1.54. The van der Waals surface area contributed by atoms with Gasteiger partial charge in [-0.15, -0.1) is 0 Å². The second-order valence-electron chi connectivity index (χ2n) is 5.78. The van der Waals surface area contributed by atoms with Gasteiger partial charge in [-0.3, -0.25) is 4.79 Å². The number of nitrogens with one attached hydrogen (secondary N) is 1. The summed E-state index contributed by atoms with van der Waals surface area (Å²) in [4.78, 5) is 13.7. The van der Waals surface area contributed by atoms with Crippen LogP contribution in [0.3, 0.4) is 0 Å². The fourth-order valence-electron chi connectivity index (χ4n) is 2.76. The molecule has 1 aliphatic carbocycles. The average molecular weight is 252 g/mol. The van der Waals surface area contributed by atoms with Gasteiger partial charge in [0.15, 0.2) is 0 Å². The number of carbonyl (C=O) groups excluding carboxylic acids is 1. The maximum Gasteiger partial charge on any atom is 0.239 e. The lowest BCUT2D eigenvalue weighted by Gasteiger charge is -2.28. The number of carbonyl (C=O) groups is 1. The second-order valence-corrected chi connectivity index (χ2v) is 5.78. The molecule has 0 heterocycles. The van der Waals surface area contributed by atoms with Crippen molar-refractivity contribution in [3.8, 4) is 0 Å². The Morgan fingerprint density at radius 1 is 1.61 bits per heavy atom. The zero-order valence-electron chi connectivity index (χ0n) is 12.5. The Balaban J connectivity index is 2.37. The van der Waals surface area contributed by atoms with E-state index in [-0.39, 0.29) is 11.9 Å². The van der Waals surface area contributed by atoms with E-state index in [9.17, 15) is 4.79 Å². The zero-order valence-corrected chi connectivity index (χ0v) is 12.5. The van der Waals surface area contributed by atoms with E-state index in [1.54, 1.807) is 4.90 Å². The van der Waals surface area contributed by atoms with Gasteiger partial charge in [-0.2, -0.15) is 0 Å². The van der Waals surface area contributed by atoms with Gasteiger partial charge in [0, 0.05) is 13.6 Å². The molecule has 0 radical (unpaired) electrons. The Kier molecular flexibility index (Phi) is 5.86. The molecule has 18 heavy (non-hydrogen) atoms. The number of nitrogens with zero attached hydrogens (tertiary/aromatic N) is 1. The highest BCUT2D eigenvalue weighted by Crippen LogP contribution is 2.27. The largest absolute Gasteiger partial charge is 0.345 e. The Bertz CT molecular complexity index is 312. The third kappa shape index (κ3) is 4.45. The van der Waals surface area contributed by atoms with Crippen LogP contribution in [0.15, 0.2) is 11.6 Å². The third-order valence-electron chi connectivity index (χ3n) is 3.82. The maximum atomic E-state index is 11.9. The molecule has 0 saturated carbocycles. The van der Waals surface area contributed by atoms with E-state index in [1.165, 1.54) is 18.4 Å². The van der Waals surface area contributed by atoms with Gasteiger partial charge in [0.2, 0.25) is 5.91 Å². The van der Waals surface area contributed by atoms with Crippen LogP contribution in [0.4, 0.5) is 0 Å². The van der Waals surface area contributed by atoms with Crippen molar-refractivity contribution in [1.29, 1.82) is 0 Å². The van der Waals surface area contributed by atoms with Crippen molar-refractivity contribution in [2.45, 2.75) is 46.6 Å². The van der Waals surface area contributed by atoms with Crippen LogP contribution in [0.1, 0.15) is 40.5 Å². The summed E-state index contributed by atoms with van der Waals surface area (Å²) in [6, 6.07) is -0.0727. The zero-order chi connectivity index (χ0) is 13.7. The Labute approximate surface area is 112 Å². The first-order valence-electron chi connectivity index (χ1n) is 7.09. The van der Waals surface area contributed by atoms with Crippen molar-refractivity contribution in [1.82, 2.24) is 10.2 Å². The normalized spacial score (nSPS) is 25.5. The lowest BCUT2D eigenvalue weighted by molar-refractivity contribution is -0.131. The van der Waals surface area contributed by atoms with E-state index in [0.717, 1.165) is 13.1 Å². The molecular weight excluding hydrogens is 224 g/mol. The van der Waals surface area contributed by atoms with Gasteiger partial charge in [-0.25, -0.2) is 0 Å². The predicted octanol–water partition coefficient (Wildman–Crippen LogP) is 2.44. The first-order valence-corrected chi connectivity index (χ1v) is 7.09. The summed E-state index contributed by atoms with van der Waals surface area (Å²) >= 11 is 0. The highest BCUT2D eigenvalue weighted by molar-refractivity contribution is 5.81. The van der Waals surface area contributed by atoms with Crippen molar-refractivity contribution < 1.29 is 4.79 Å². The minimum absolute atomic E-state index is 0.0727. The number of allylic oxidation sites excluding steroid dienone is 2. The summed E-state index contributed by atoms with van der Waals surface area (Å²) in [5, 5.41) is 3.39. The molecule has 1 amide bonds. The number of likely N-dealkylation sites (N-methyl/N-ethyl adjacent to an activating group) is 1. The molecule has 1 rings (SSSR count). The Morgan fingerprint density at radius 2 is 2.28 bits per heavy atom. The first-order chi connectivity index (χ1) is 8.43. The van der Waals surface area contributed by atoms with Crippen LogP contribution in [0, 0.1) is 11.8 Å². The summed E-state index contributed by atoms with van der Waals surface area (Å²) in [7, 11) is 1.86. The Hall–Kier alpha value is -0.830. The van der Waals surface area contributed by atoms with Crippen molar-refractivity contribution in [2.75, 3.05) is 20.1 Å². The molecule has 0 fully saturated rings. The SMILES string of the molecule is CCN(C)C(=O)C(C)NCC1CC(C)=CC(C)C1. The van der Waals surface area contributed by atoms with Gasteiger partial charge in [0.25, 0.3) is 0 Å². The molecule has 104 valence electrons. The topological polar surface area (TPSA) is 32.3 Å². The van der Waals surface area contributed by atoms with E-state index in [1.807, 2.05) is 20.9 Å². The highest BCUT2D eigenvalue weighted by atomic mass is 16.2. The molecule has 1 aliphatic rings. The van der Waals surface area contributed by atoms with Gasteiger partial charge < -0.3 is 10.2 Å². The Morgan fingerprint density at radius 3 is 2.83 bits per heavy atom. The smallest absolute Gasteiger partial charge is 0.239 e. The van der Waals surface area contributed by atoms with Crippen LogP contribution in [0.25, 0.3) is 0 Å². The lowest BCUT2D eigenvalue weighted by atomic mass is 9.83. The molecule has 0 aromatic heterocycles. The van der Waals surface area contributed by atoms with E-state index in [2.05, 4.69) is 25.2 Å². The third-order valence-corrected chi connectivity index (χ3v) is 3.82. The minimum Gasteiger partial charge on any atom is -0.345 e. The van der Waals surface area contributed by atoms with Gasteiger partial charge >= 0.3 is 0 Å². The van der Waals surface area contributed by atoms with Crippen molar-refractivity contribution in [2.24, 2.45) is 11.8 Å². The molecule has 3 atom stereocenters. The summed E-state index contributed by atoms with van der Waals surface area (Å²) < 4.78 is 0. The molecule has 3 unspecified atom stereocenters. The summed E-state index contributed by atoms with van der Waals surface area (Å²) in [6.45, 7) is 10.2. The van der Waals surface area contributed by atoms with Crippen LogP contribution in [-0.2, 0) is 4.79 Å². The summed E-state index contributed by atoms with van der Waals surface area (Å²) in [6.07, 6.45) is 4.77. The van der Waals surface area contributed by atoms with Gasteiger partial charge in [0.1, 0.15) is 0 Å². The van der Waals surface area contributed by atoms with Crippen LogP contribution in [-0.4, -0.2) is 37.0 Å². The number of rotatable bonds is 5. The lowest BCUT2D eigenvalue weighted by Crippen LogP contribution is -2.44. The quantitative estimate of drug-likeness (QED) is 0.762. The molecule has 0 aromatic carbocycles. The minimum atomic E-state index is -0.0727. The standard InChI is InChI=1S/C15H28N2O/c1-6-17(5)15(18)13(4)16-10-14-8-11(2)7-12(3)9-14/h7,11,13-14,16H,6,8-10H2,1-5H3. The molecule has 0 aromatic rings. The van der Waals surface area contributed by atoms with Crippen LogP contribution < -0.4 is 5.32 Å². The van der Waals surface area contributed by atoms with Crippen LogP contribution in [0.5, 0.6) is 0 Å². The van der Waals surface area contributed by atoms with E-state index in [0.29, 0.717) is 11.8 Å². The second kappa shape index (κ2) is 6.93. The molecular formula is C15H28N2O. The van der Waals surface area contributed by atoms with E-state index < -0.39 is 0 Å². The predicted molar refractivity (Wildman–Crippen MR) is 76.4 cm³/mol. The van der Waals surface area contributed by atoms with Crippen molar-refractivity contribution in [3.63, 3.8) is 0 Å². The maximum absolute atomic E-state index is 11.9. The van der Waals surface area contributed by atoms with Crippen molar-refractivity contribution in [3.05, 3.63) is 11.6 Å². The van der Waals surface area contributed by atoms with Gasteiger partial charge in [-0.1, -0.05) is 18.6 Å². The van der Waals surface area contributed by atoms with Gasteiger partial charge in [-0.05, 0) is 52.0 Å². The fraction of sp³-hybridized carbons (Fsp3) is 0.800. The molecule has 1 N–H and O–H groups in total. The first kappa shape index (κ1) is 15.2. The number of hydrogen-bond acceptors (Lipinski definition) is 2. The average Bonchev–Trinajstić information content (AvgIpc) is 2.32. The molecule has 0 aliphatic heterocycles. The monoisotopic (exact) mass is 252 g/mol. The van der Waals surface area contributed by atoms with Crippen LogP contribution in [0.2, 0.25) is 0 Å². The molecule has 0 saturated heterocycles. The highest BCUT2D eigenvalue weighted by Gasteiger charge is 2.21. The molecule has 3 nitrogen and oxygen atoms in total. The summed E-state index contributed by atoms with van der Waals surface area (Å²) in [5.41, 5.74) is 1.49. The van der Waals surface area contributed by atoms with Crippen LogP contribution >= 0.6 is 0 Å². The van der Waals surface area contributed by atoms with Gasteiger partial charge in [0.05, 0.1) is 6.04 Å². The number of amides is 1. The van der Waals surface area contributed by atoms with E-state index in [4.69, 9.17) is 0 Å². The van der Waals surface area contributed by atoms with E-state index >= 15 is 0 Å². The molecule has 0 spiro atoms. The fourth-order valence-corrected chi connectivity index (χ4v) is 2.76. The molecule has 0 bridgehead atoms. The number of hydrogen-bond donors (Lipinski definition) is 1. The van der Waals surface area contributed by atoms with Crippen molar-refractivity contribution >= 4 is 5.91 Å². The molecule has 3 heteroatoms.